The third kappa shape index (κ3) is 2.44. The van der Waals surface area contributed by atoms with E-state index in [9.17, 15) is 0 Å². The maximum absolute atomic E-state index is 3.62. The lowest BCUT2D eigenvalue weighted by Gasteiger charge is -2.38. The summed E-state index contributed by atoms with van der Waals surface area (Å²) in [5.41, 5.74) is 2.62. The Morgan fingerprint density at radius 2 is 2.11 bits per heavy atom. The predicted octanol–water partition coefficient (Wildman–Crippen LogP) is 0.822. The molecule has 18 heavy (non-hydrogen) atoms. The molecule has 1 aromatic carbocycles. The highest BCUT2D eigenvalue weighted by molar-refractivity contribution is 5.71. The Morgan fingerprint density at radius 1 is 1.22 bits per heavy atom. The molecule has 2 heterocycles. The van der Waals surface area contributed by atoms with Gasteiger partial charge in [0, 0.05) is 45.3 Å². The van der Waals surface area contributed by atoms with Gasteiger partial charge in [-0.1, -0.05) is 12.1 Å². The highest BCUT2D eigenvalue weighted by Crippen LogP contribution is 2.28. The van der Waals surface area contributed by atoms with Crippen molar-refractivity contribution in [1.29, 1.82) is 0 Å². The standard InChI is InChI=1S/C14H22N4/c1-17-8-6-15-12(10-17)11-18-9-7-16-13-4-2-3-5-14(13)18/h2-5,12,15-16H,6-11H2,1H3. The molecule has 0 amide bonds. The highest BCUT2D eigenvalue weighted by atomic mass is 15.2. The molecule has 3 rings (SSSR count). The smallest absolute Gasteiger partial charge is 0.0603 e. The number of nitrogens with one attached hydrogen (secondary N) is 2. The maximum atomic E-state index is 3.62. The van der Waals surface area contributed by atoms with Crippen molar-refractivity contribution in [1.82, 2.24) is 10.2 Å². The molecule has 98 valence electrons. The first-order valence-electron chi connectivity index (χ1n) is 6.83. The van der Waals surface area contributed by atoms with E-state index in [1.54, 1.807) is 0 Å². The van der Waals surface area contributed by atoms with Gasteiger partial charge in [-0.05, 0) is 19.2 Å². The average molecular weight is 246 g/mol. The molecule has 2 aliphatic rings. The number of likely N-dealkylation sites (N-methyl/N-ethyl adjacent to an activating group) is 1. The molecule has 0 aliphatic carbocycles. The predicted molar refractivity (Wildman–Crippen MR) is 76.4 cm³/mol. The number of anilines is 2. The number of hydrogen-bond donors (Lipinski definition) is 2. The summed E-state index contributed by atoms with van der Waals surface area (Å²) in [6, 6.07) is 9.19. The topological polar surface area (TPSA) is 30.5 Å². The molecule has 1 unspecified atom stereocenters. The van der Waals surface area contributed by atoms with Crippen molar-refractivity contribution in [3.05, 3.63) is 24.3 Å². The summed E-state index contributed by atoms with van der Waals surface area (Å²) in [6.45, 7) is 6.65. The van der Waals surface area contributed by atoms with Crippen LogP contribution in [0.25, 0.3) is 0 Å². The Labute approximate surface area is 109 Å². The average Bonchev–Trinajstić information content (AvgIpc) is 2.39. The SMILES string of the molecule is CN1CCNC(CN2CCNc3ccccc32)C1. The maximum Gasteiger partial charge on any atom is 0.0603 e. The zero-order valence-electron chi connectivity index (χ0n) is 11.0. The van der Waals surface area contributed by atoms with Crippen LogP contribution in [0.1, 0.15) is 0 Å². The molecular weight excluding hydrogens is 224 g/mol. The number of benzene rings is 1. The van der Waals surface area contributed by atoms with Crippen LogP contribution in [-0.2, 0) is 0 Å². The van der Waals surface area contributed by atoms with Crippen LogP contribution in [0, 0.1) is 0 Å². The summed E-state index contributed by atoms with van der Waals surface area (Å²) in [6.07, 6.45) is 0. The van der Waals surface area contributed by atoms with Crippen LogP contribution in [0.5, 0.6) is 0 Å². The van der Waals surface area contributed by atoms with Gasteiger partial charge in [-0.25, -0.2) is 0 Å². The number of hydrogen-bond acceptors (Lipinski definition) is 4. The van der Waals surface area contributed by atoms with Gasteiger partial charge in [-0.2, -0.15) is 0 Å². The molecular formula is C14H22N4. The highest BCUT2D eigenvalue weighted by Gasteiger charge is 2.22. The normalized spacial score (nSPS) is 24.5. The molecule has 1 saturated heterocycles. The minimum Gasteiger partial charge on any atom is -0.382 e. The van der Waals surface area contributed by atoms with Gasteiger partial charge in [0.15, 0.2) is 0 Å². The zero-order valence-corrected chi connectivity index (χ0v) is 11.0. The Bertz CT molecular complexity index is 407. The van der Waals surface area contributed by atoms with Crippen LogP contribution in [0.3, 0.4) is 0 Å². The first-order valence-corrected chi connectivity index (χ1v) is 6.83. The van der Waals surface area contributed by atoms with Gasteiger partial charge in [0.05, 0.1) is 11.4 Å². The fraction of sp³-hybridized carbons (Fsp3) is 0.571. The van der Waals surface area contributed by atoms with Gasteiger partial charge >= 0.3 is 0 Å². The fourth-order valence-corrected chi connectivity index (χ4v) is 2.91. The molecule has 2 aliphatic heterocycles. The third-order valence-corrected chi connectivity index (χ3v) is 3.84. The number of para-hydroxylation sites is 2. The van der Waals surface area contributed by atoms with Crippen molar-refractivity contribution >= 4 is 11.4 Å². The van der Waals surface area contributed by atoms with Gasteiger partial charge < -0.3 is 20.4 Å². The van der Waals surface area contributed by atoms with Crippen LogP contribution >= 0.6 is 0 Å². The number of fused-ring (bicyclic) bond motifs is 1. The van der Waals surface area contributed by atoms with Crippen molar-refractivity contribution in [2.75, 3.05) is 56.5 Å². The quantitative estimate of drug-likeness (QED) is 0.809. The first-order chi connectivity index (χ1) is 8.83. The minimum absolute atomic E-state index is 0.579. The third-order valence-electron chi connectivity index (χ3n) is 3.84. The van der Waals surface area contributed by atoms with Crippen molar-refractivity contribution in [2.24, 2.45) is 0 Å². The molecule has 0 bridgehead atoms. The van der Waals surface area contributed by atoms with Gasteiger partial charge in [0.2, 0.25) is 0 Å². The molecule has 0 saturated carbocycles. The molecule has 0 radical (unpaired) electrons. The van der Waals surface area contributed by atoms with E-state index in [1.165, 1.54) is 11.4 Å². The van der Waals surface area contributed by atoms with E-state index in [2.05, 4.69) is 51.7 Å². The van der Waals surface area contributed by atoms with Gasteiger partial charge in [-0.3, -0.25) is 0 Å². The van der Waals surface area contributed by atoms with E-state index in [-0.39, 0.29) is 0 Å². The molecule has 1 aromatic rings. The van der Waals surface area contributed by atoms with Crippen LogP contribution in [0.4, 0.5) is 11.4 Å². The van der Waals surface area contributed by atoms with Crippen LogP contribution in [-0.4, -0.2) is 57.3 Å². The zero-order chi connectivity index (χ0) is 12.4. The summed E-state index contributed by atoms with van der Waals surface area (Å²) in [5.74, 6) is 0. The lowest BCUT2D eigenvalue weighted by atomic mass is 10.1. The first kappa shape index (κ1) is 11.8. The second-order valence-electron chi connectivity index (χ2n) is 5.30. The van der Waals surface area contributed by atoms with E-state index in [0.29, 0.717) is 6.04 Å². The second kappa shape index (κ2) is 5.16. The molecule has 1 atom stereocenters. The number of nitrogens with zero attached hydrogens (tertiary/aromatic N) is 2. The summed E-state index contributed by atoms with van der Waals surface area (Å²) >= 11 is 0. The summed E-state index contributed by atoms with van der Waals surface area (Å²) in [7, 11) is 2.21. The largest absolute Gasteiger partial charge is 0.382 e. The molecule has 4 nitrogen and oxygen atoms in total. The Hall–Kier alpha value is -1.26. The lowest BCUT2D eigenvalue weighted by molar-refractivity contribution is 0.240. The van der Waals surface area contributed by atoms with Crippen molar-refractivity contribution in [3.63, 3.8) is 0 Å². The van der Waals surface area contributed by atoms with E-state index in [0.717, 1.165) is 39.3 Å². The van der Waals surface area contributed by atoms with Crippen molar-refractivity contribution in [3.8, 4) is 0 Å². The van der Waals surface area contributed by atoms with Crippen molar-refractivity contribution < 1.29 is 0 Å². The summed E-state index contributed by atoms with van der Waals surface area (Å²) in [5, 5.41) is 7.09. The second-order valence-corrected chi connectivity index (χ2v) is 5.30. The molecule has 0 spiro atoms. The minimum atomic E-state index is 0.579. The van der Waals surface area contributed by atoms with E-state index < -0.39 is 0 Å². The number of rotatable bonds is 2. The molecule has 0 aromatic heterocycles. The van der Waals surface area contributed by atoms with Gasteiger partial charge in [0.1, 0.15) is 0 Å². The number of piperazine rings is 1. The molecule has 2 N–H and O–H groups in total. The van der Waals surface area contributed by atoms with E-state index in [4.69, 9.17) is 0 Å². The summed E-state index contributed by atoms with van der Waals surface area (Å²) in [4.78, 5) is 4.91. The van der Waals surface area contributed by atoms with Crippen molar-refractivity contribution in [2.45, 2.75) is 6.04 Å². The van der Waals surface area contributed by atoms with E-state index >= 15 is 0 Å². The van der Waals surface area contributed by atoms with Gasteiger partial charge in [0.25, 0.3) is 0 Å². The fourth-order valence-electron chi connectivity index (χ4n) is 2.91. The lowest BCUT2D eigenvalue weighted by Crippen LogP contribution is -2.54. The van der Waals surface area contributed by atoms with E-state index in [1.807, 2.05) is 0 Å². The Morgan fingerprint density at radius 3 is 3.00 bits per heavy atom. The van der Waals surface area contributed by atoms with Crippen LogP contribution < -0.4 is 15.5 Å². The molecule has 1 fully saturated rings. The van der Waals surface area contributed by atoms with Gasteiger partial charge in [-0.15, -0.1) is 0 Å². The summed E-state index contributed by atoms with van der Waals surface area (Å²) < 4.78 is 0. The monoisotopic (exact) mass is 246 g/mol. The Kier molecular flexibility index (Phi) is 3.39. The molecule has 4 heteroatoms. The van der Waals surface area contributed by atoms with Crippen LogP contribution in [0.2, 0.25) is 0 Å². The van der Waals surface area contributed by atoms with Crippen LogP contribution in [0.15, 0.2) is 24.3 Å². The Balaban J connectivity index is 1.70.